The number of hydrogen-bond donors (Lipinski definition) is 2. The maximum absolute atomic E-state index is 12.8. The molecule has 22 heavy (non-hydrogen) atoms. The minimum absolute atomic E-state index is 0.0140. The van der Waals surface area contributed by atoms with Crippen LogP contribution in [0.2, 0.25) is 0 Å². The van der Waals surface area contributed by atoms with E-state index in [4.69, 9.17) is 10.5 Å². The molecule has 0 aromatic heterocycles. The SMILES string of the molecule is CCCOc1ccc(C(F)(F)F)cc1NC(=O)C(N)CCC. The fraction of sp³-hybridized carbons (Fsp3) is 0.533. The predicted molar refractivity (Wildman–Crippen MR) is 78.7 cm³/mol. The van der Waals surface area contributed by atoms with Crippen molar-refractivity contribution >= 4 is 11.6 Å². The summed E-state index contributed by atoms with van der Waals surface area (Å²) in [6, 6.07) is 2.23. The molecule has 1 aromatic rings. The number of ether oxygens (including phenoxy) is 1. The maximum atomic E-state index is 12.8. The lowest BCUT2D eigenvalue weighted by atomic mass is 10.1. The first kappa shape index (κ1) is 18.3. The van der Waals surface area contributed by atoms with E-state index in [1.807, 2.05) is 13.8 Å². The Balaban J connectivity index is 3.03. The van der Waals surface area contributed by atoms with Crippen molar-refractivity contribution in [2.24, 2.45) is 5.73 Å². The Kier molecular flexibility index (Phi) is 6.67. The van der Waals surface area contributed by atoms with Crippen molar-refractivity contribution in [3.05, 3.63) is 23.8 Å². The first-order valence-corrected chi connectivity index (χ1v) is 7.20. The number of halogens is 3. The average molecular weight is 318 g/mol. The largest absolute Gasteiger partial charge is 0.491 e. The summed E-state index contributed by atoms with van der Waals surface area (Å²) >= 11 is 0. The molecule has 0 aliphatic heterocycles. The molecule has 0 fully saturated rings. The van der Waals surface area contributed by atoms with Gasteiger partial charge in [0.15, 0.2) is 0 Å². The van der Waals surface area contributed by atoms with Gasteiger partial charge in [-0.1, -0.05) is 20.3 Å². The van der Waals surface area contributed by atoms with Crippen molar-refractivity contribution in [1.29, 1.82) is 0 Å². The molecule has 1 rings (SSSR count). The summed E-state index contributed by atoms with van der Waals surface area (Å²) < 4.78 is 43.7. The van der Waals surface area contributed by atoms with Gasteiger partial charge in [-0.25, -0.2) is 0 Å². The molecule has 0 saturated heterocycles. The van der Waals surface area contributed by atoms with Gasteiger partial charge in [-0.05, 0) is 31.0 Å². The lowest BCUT2D eigenvalue weighted by Gasteiger charge is -2.17. The lowest BCUT2D eigenvalue weighted by molar-refractivity contribution is -0.137. The number of alkyl halides is 3. The van der Waals surface area contributed by atoms with Gasteiger partial charge in [0.2, 0.25) is 5.91 Å². The molecule has 1 amide bonds. The minimum atomic E-state index is -4.49. The first-order valence-electron chi connectivity index (χ1n) is 7.20. The van der Waals surface area contributed by atoms with Crippen molar-refractivity contribution in [2.45, 2.75) is 45.3 Å². The van der Waals surface area contributed by atoms with Gasteiger partial charge in [0, 0.05) is 0 Å². The van der Waals surface area contributed by atoms with Gasteiger partial charge in [0.1, 0.15) is 5.75 Å². The van der Waals surface area contributed by atoms with E-state index in [0.717, 1.165) is 12.1 Å². The van der Waals surface area contributed by atoms with Crippen LogP contribution in [0.3, 0.4) is 0 Å². The van der Waals surface area contributed by atoms with Gasteiger partial charge in [0.25, 0.3) is 0 Å². The molecular formula is C15H21F3N2O2. The van der Waals surface area contributed by atoms with Gasteiger partial charge in [-0.2, -0.15) is 13.2 Å². The minimum Gasteiger partial charge on any atom is -0.491 e. The summed E-state index contributed by atoms with van der Waals surface area (Å²) in [6.45, 7) is 4.09. The summed E-state index contributed by atoms with van der Waals surface area (Å²) in [6.07, 6.45) is -2.63. The Morgan fingerprint density at radius 1 is 1.32 bits per heavy atom. The van der Waals surface area contributed by atoms with Crippen LogP contribution in [0.1, 0.15) is 38.7 Å². The number of benzene rings is 1. The number of nitrogens with two attached hydrogens (primary N) is 1. The number of carbonyl (C=O) groups is 1. The second-order valence-corrected chi connectivity index (χ2v) is 4.94. The predicted octanol–water partition coefficient (Wildman–Crippen LogP) is 3.56. The number of amides is 1. The molecule has 0 spiro atoms. The van der Waals surface area contributed by atoms with Crippen LogP contribution in [0.25, 0.3) is 0 Å². The molecule has 124 valence electrons. The Morgan fingerprint density at radius 2 is 2.00 bits per heavy atom. The number of rotatable bonds is 7. The molecule has 7 heteroatoms. The summed E-state index contributed by atoms with van der Waals surface area (Å²) in [5, 5.41) is 2.43. The summed E-state index contributed by atoms with van der Waals surface area (Å²) in [4.78, 5) is 11.9. The van der Waals surface area contributed by atoms with Crippen LogP contribution in [0.15, 0.2) is 18.2 Å². The van der Waals surface area contributed by atoms with Crippen LogP contribution in [-0.2, 0) is 11.0 Å². The van der Waals surface area contributed by atoms with E-state index < -0.39 is 23.7 Å². The number of carbonyl (C=O) groups excluding carboxylic acids is 1. The van der Waals surface area contributed by atoms with E-state index in [1.165, 1.54) is 6.07 Å². The molecule has 3 N–H and O–H groups in total. The fourth-order valence-electron chi connectivity index (χ4n) is 1.81. The van der Waals surface area contributed by atoms with E-state index in [1.54, 1.807) is 0 Å². The lowest BCUT2D eigenvalue weighted by Crippen LogP contribution is -2.35. The number of nitrogens with one attached hydrogen (secondary N) is 1. The molecular weight excluding hydrogens is 297 g/mol. The monoisotopic (exact) mass is 318 g/mol. The zero-order valence-corrected chi connectivity index (χ0v) is 12.7. The quantitative estimate of drug-likeness (QED) is 0.808. The van der Waals surface area contributed by atoms with Gasteiger partial charge >= 0.3 is 6.18 Å². The van der Waals surface area contributed by atoms with Crippen molar-refractivity contribution < 1.29 is 22.7 Å². The van der Waals surface area contributed by atoms with E-state index in [-0.39, 0.29) is 11.4 Å². The molecule has 1 aromatic carbocycles. The summed E-state index contributed by atoms with van der Waals surface area (Å²) in [7, 11) is 0. The standard InChI is InChI=1S/C15H21F3N2O2/c1-3-5-11(19)14(21)20-12-9-10(15(16,17)18)6-7-13(12)22-8-4-2/h6-7,9,11H,3-5,8,19H2,1-2H3,(H,20,21). The van der Waals surface area contributed by atoms with Crippen LogP contribution in [0, 0.1) is 0 Å². The Labute approximate surface area is 127 Å². The van der Waals surface area contributed by atoms with E-state index >= 15 is 0 Å². The molecule has 0 aliphatic carbocycles. The van der Waals surface area contributed by atoms with Crippen molar-refractivity contribution in [3.8, 4) is 5.75 Å². The van der Waals surface area contributed by atoms with Crippen molar-refractivity contribution in [1.82, 2.24) is 0 Å². The second kappa shape index (κ2) is 8.03. The Bertz CT molecular complexity index is 504. The molecule has 0 aliphatic rings. The van der Waals surface area contributed by atoms with Crippen molar-refractivity contribution in [2.75, 3.05) is 11.9 Å². The van der Waals surface area contributed by atoms with Gasteiger partial charge < -0.3 is 15.8 Å². The van der Waals surface area contributed by atoms with Gasteiger partial charge in [-0.15, -0.1) is 0 Å². The normalized spacial score (nSPS) is 12.8. The molecule has 1 atom stereocenters. The van der Waals surface area contributed by atoms with E-state index in [9.17, 15) is 18.0 Å². The fourth-order valence-corrected chi connectivity index (χ4v) is 1.81. The highest BCUT2D eigenvalue weighted by Gasteiger charge is 2.31. The third-order valence-corrected chi connectivity index (χ3v) is 2.96. The highest BCUT2D eigenvalue weighted by molar-refractivity contribution is 5.96. The Morgan fingerprint density at radius 3 is 2.55 bits per heavy atom. The molecule has 4 nitrogen and oxygen atoms in total. The third kappa shape index (κ3) is 5.22. The average Bonchev–Trinajstić information content (AvgIpc) is 2.45. The van der Waals surface area contributed by atoms with Crippen LogP contribution in [-0.4, -0.2) is 18.6 Å². The second-order valence-electron chi connectivity index (χ2n) is 4.94. The highest BCUT2D eigenvalue weighted by atomic mass is 19.4. The van der Waals surface area contributed by atoms with Gasteiger partial charge in [0.05, 0.1) is 23.9 Å². The summed E-state index contributed by atoms with van der Waals surface area (Å²) in [5.74, 6) is -0.325. The number of anilines is 1. The molecule has 0 saturated carbocycles. The van der Waals surface area contributed by atoms with Gasteiger partial charge in [-0.3, -0.25) is 4.79 Å². The first-order chi connectivity index (χ1) is 10.3. The van der Waals surface area contributed by atoms with Crippen LogP contribution in [0.4, 0.5) is 18.9 Å². The highest BCUT2D eigenvalue weighted by Crippen LogP contribution is 2.35. The smallest absolute Gasteiger partial charge is 0.416 e. The number of hydrogen-bond acceptors (Lipinski definition) is 3. The van der Waals surface area contributed by atoms with Crippen LogP contribution >= 0.6 is 0 Å². The molecule has 1 unspecified atom stereocenters. The topological polar surface area (TPSA) is 64.3 Å². The Hall–Kier alpha value is -1.76. The van der Waals surface area contributed by atoms with E-state index in [2.05, 4.69) is 5.32 Å². The zero-order valence-electron chi connectivity index (χ0n) is 12.7. The van der Waals surface area contributed by atoms with Crippen LogP contribution < -0.4 is 15.8 Å². The molecule has 0 bridgehead atoms. The zero-order chi connectivity index (χ0) is 16.8. The van der Waals surface area contributed by atoms with Crippen LogP contribution in [0.5, 0.6) is 5.75 Å². The maximum Gasteiger partial charge on any atom is 0.416 e. The van der Waals surface area contributed by atoms with E-state index in [0.29, 0.717) is 25.9 Å². The third-order valence-electron chi connectivity index (χ3n) is 2.96. The van der Waals surface area contributed by atoms with Crippen molar-refractivity contribution in [3.63, 3.8) is 0 Å². The molecule has 0 heterocycles. The molecule has 0 radical (unpaired) electrons. The summed E-state index contributed by atoms with van der Waals surface area (Å²) in [5.41, 5.74) is 4.81.